The average Bonchev–Trinajstić information content (AvgIpc) is 2.84. The molecule has 3 nitrogen and oxygen atoms in total. The fourth-order valence-electron chi connectivity index (χ4n) is 3.11. The van der Waals surface area contributed by atoms with E-state index < -0.39 is 0 Å². The van der Waals surface area contributed by atoms with Crippen LogP contribution in [0.3, 0.4) is 0 Å². The Morgan fingerprint density at radius 1 is 1.12 bits per heavy atom. The van der Waals surface area contributed by atoms with Gasteiger partial charge in [0.1, 0.15) is 0 Å². The molecule has 1 amide bonds. The van der Waals surface area contributed by atoms with Gasteiger partial charge in [0.25, 0.3) is 0 Å². The zero-order valence-electron chi connectivity index (χ0n) is 10.4. The Labute approximate surface area is 98.6 Å². The Bertz CT molecular complexity index is 240. The third-order valence-corrected chi connectivity index (χ3v) is 4.29. The summed E-state index contributed by atoms with van der Waals surface area (Å²) >= 11 is 0. The normalized spacial score (nSPS) is 24.7. The molecule has 0 spiro atoms. The van der Waals surface area contributed by atoms with Crippen molar-refractivity contribution in [2.45, 2.75) is 56.9 Å². The van der Waals surface area contributed by atoms with Crippen LogP contribution in [0.25, 0.3) is 0 Å². The van der Waals surface area contributed by atoms with Crippen molar-refractivity contribution in [3.8, 4) is 0 Å². The van der Waals surface area contributed by atoms with Crippen molar-refractivity contribution in [3.63, 3.8) is 0 Å². The summed E-state index contributed by atoms with van der Waals surface area (Å²) in [5.41, 5.74) is 0.109. The van der Waals surface area contributed by atoms with E-state index in [0.717, 1.165) is 13.1 Å². The smallest absolute Gasteiger partial charge is 0.224 e. The molecule has 1 aliphatic heterocycles. The maximum absolute atomic E-state index is 12.2. The SMILES string of the molecule is CNC1(CC(=O)N2CCCC2)CCCCC1. The van der Waals surface area contributed by atoms with Crippen LogP contribution in [-0.2, 0) is 4.79 Å². The summed E-state index contributed by atoms with van der Waals surface area (Å²) in [5.74, 6) is 0.369. The second-order valence-electron chi connectivity index (χ2n) is 5.36. The van der Waals surface area contributed by atoms with Gasteiger partial charge < -0.3 is 10.2 Å². The molecular formula is C13H24N2O. The highest BCUT2D eigenvalue weighted by Gasteiger charge is 2.34. The molecule has 2 rings (SSSR count). The molecule has 0 aromatic heterocycles. The summed E-state index contributed by atoms with van der Waals surface area (Å²) < 4.78 is 0. The van der Waals surface area contributed by atoms with E-state index in [-0.39, 0.29) is 5.54 Å². The van der Waals surface area contributed by atoms with E-state index in [0.29, 0.717) is 12.3 Å². The maximum Gasteiger partial charge on any atom is 0.224 e. The molecule has 0 aromatic rings. The van der Waals surface area contributed by atoms with E-state index in [1.807, 2.05) is 11.9 Å². The van der Waals surface area contributed by atoms with Gasteiger partial charge in [0.05, 0.1) is 0 Å². The summed E-state index contributed by atoms with van der Waals surface area (Å²) in [6.07, 6.45) is 9.32. The van der Waals surface area contributed by atoms with Crippen LogP contribution in [0.2, 0.25) is 0 Å². The van der Waals surface area contributed by atoms with E-state index in [4.69, 9.17) is 0 Å². The number of rotatable bonds is 3. The minimum Gasteiger partial charge on any atom is -0.343 e. The Hall–Kier alpha value is -0.570. The third-order valence-electron chi connectivity index (χ3n) is 4.29. The van der Waals surface area contributed by atoms with Crippen molar-refractivity contribution in [2.24, 2.45) is 0 Å². The van der Waals surface area contributed by atoms with Crippen molar-refractivity contribution in [1.29, 1.82) is 0 Å². The fourth-order valence-corrected chi connectivity index (χ4v) is 3.11. The molecular weight excluding hydrogens is 200 g/mol. The molecule has 0 aromatic carbocycles. The van der Waals surface area contributed by atoms with E-state index in [2.05, 4.69) is 5.32 Å². The standard InChI is InChI=1S/C13H24N2O/c1-14-13(7-3-2-4-8-13)11-12(16)15-9-5-6-10-15/h14H,2-11H2,1H3. The van der Waals surface area contributed by atoms with Crippen LogP contribution in [-0.4, -0.2) is 36.5 Å². The molecule has 0 radical (unpaired) electrons. The number of carbonyl (C=O) groups excluding carboxylic acids is 1. The number of hydrogen-bond donors (Lipinski definition) is 1. The van der Waals surface area contributed by atoms with Crippen molar-refractivity contribution in [3.05, 3.63) is 0 Å². The number of hydrogen-bond acceptors (Lipinski definition) is 2. The van der Waals surface area contributed by atoms with Gasteiger partial charge in [-0.25, -0.2) is 0 Å². The minimum absolute atomic E-state index is 0.109. The van der Waals surface area contributed by atoms with Gasteiger partial charge in [0, 0.05) is 25.0 Å². The summed E-state index contributed by atoms with van der Waals surface area (Å²) in [4.78, 5) is 14.2. The first-order valence-electron chi connectivity index (χ1n) is 6.72. The van der Waals surface area contributed by atoms with Crippen molar-refractivity contribution < 1.29 is 4.79 Å². The van der Waals surface area contributed by atoms with Crippen LogP contribution in [0.5, 0.6) is 0 Å². The van der Waals surface area contributed by atoms with Gasteiger partial charge in [-0.1, -0.05) is 19.3 Å². The number of amides is 1. The first-order valence-corrected chi connectivity index (χ1v) is 6.72. The Morgan fingerprint density at radius 2 is 1.75 bits per heavy atom. The molecule has 1 saturated heterocycles. The highest BCUT2D eigenvalue weighted by Crippen LogP contribution is 2.31. The summed E-state index contributed by atoms with van der Waals surface area (Å²) in [7, 11) is 2.02. The minimum atomic E-state index is 0.109. The number of nitrogens with one attached hydrogen (secondary N) is 1. The highest BCUT2D eigenvalue weighted by atomic mass is 16.2. The van der Waals surface area contributed by atoms with Gasteiger partial charge in [0.15, 0.2) is 0 Å². The first kappa shape index (κ1) is 11.9. The molecule has 2 fully saturated rings. The van der Waals surface area contributed by atoms with Crippen molar-refractivity contribution in [1.82, 2.24) is 10.2 Å². The van der Waals surface area contributed by atoms with Crippen LogP contribution in [0, 0.1) is 0 Å². The molecule has 1 heterocycles. The van der Waals surface area contributed by atoms with E-state index in [1.54, 1.807) is 0 Å². The molecule has 0 atom stereocenters. The zero-order valence-corrected chi connectivity index (χ0v) is 10.4. The summed E-state index contributed by atoms with van der Waals surface area (Å²) in [5, 5.41) is 3.42. The van der Waals surface area contributed by atoms with Crippen molar-refractivity contribution >= 4 is 5.91 Å². The lowest BCUT2D eigenvalue weighted by atomic mass is 9.79. The van der Waals surface area contributed by atoms with Crippen LogP contribution in [0.1, 0.15) is 51.4 Å². The molecule has 1 N–H and O–H groups in total. The second-order valence-corrected chi connectivity index (χ2v) is 5.36. The molecule has 0 bridgehead atoms. The average molecular weight is 224 g/mol. The largest absolute Gasteiger partial charge is 0.343 e. The Morgan fingerprint density at radius 3 is 2.31 bits per heavy atom. The third kappa shape index (κ3) is 2.57. The van der Waals surface area contributed by atoms with E-state index in [1.165, 1.54) is 44.9 Å². The van der Waals surface area contributed by atoms with Crippen LogP contribution in [0.4, 0.5) is 0 Å². The predicted molar refractivity (Wildman–Crippen MR) is 65.3 cm³/mol. The molecule has 3 heteroatoms. The monoisotopic (exact) mass is 224 g/mol. The molecule has 1 aliphatic carbocycles. The molecule has 1 saturated carbocycles. The van der Waals surface area contributed by atoms with E-state index in [9.17, 15) is 4.79 Å². The lowest BCUT2D eigenvalue weighted by Gasteiger charge is -2.37. The molecule has 16 heavy (non-hydrogen) atoms. The quantitative estimate of drug-likeness (QED) is 0.794. The van der Waals surface area contributed by atoms with Gasteiger partial charge in [-0.2, -0.15) is 0 Å². The van der Waals surface area contributed by atoms with Gasteiger partial charge in [0.2, 0.25) is 5.91 Å². The Balaban J connectivity index is 1.91. The van der Waals surface area contributed by atoms with Crippen LogP contribution >= 0.6 is 0 Å². The highest BCUT2D eigenvalue weighted by molar-refractivity contribution is 5.77. The molecule has 0 unspecified atom stereocenters. The van der Waals surface area contributed by atoms with E-state index >= 15 is 0 Å². The van der Waals surface area contributed by atoms with Gasteiger partial charge >= 0.3 is 0 Å². The fraction of sp³-hybridized carbons (Fsp3) is 0.923. The summed E-state index contributed by atoms with van der Waals surface area (Å²) in [6.45, 7) is 1.97. The van der Waals surface area contributed by atoms with Gasteiger partial charge in [-0.3, -0.25) is 4.79 Å². The predicted octanol–water partition coefficient (Wildman–Crippen LogP) is 1.92. The van der Waals surface area contributed by atoms with Gasteiger partial charge in [-0.05, 0) is 32.7 Å². The lowest BCUT2D eigenvalue weighted by Crippen LogP contribution is -2.48. The molecule has 92 valence electrons. The Kier molecular flexibility index (Phi) is 3.85. The number of carbonyl (C=O) groups is 1. The number of nitrogens with zero attached hydrogens (tertiary/aromatic N) is 1. The topological polar surface area (TPSA) is 32.3 Å². The lowest BCUT2D eigenvalue weighted by molar-refractivity contribution is -0.132. The molecule has 2 aliphatic rings. The van der Waals surface area contributed by atoms with Crippen molar-refractivity contribution in [2.75, 3.05) is 20.1 Å². The summed E-state index contributed by atoms with van der Waals surface area (Å²) in [6, 6.07) is 0. The van der Waals surface area contributed by atoms with Gasteiger partial charge in [-0.15, -0.1) is 0 Å². The van der Waals surface area contributed by atoms with Crippen LogP contribution < -0.4 is 5.32 Å². The maximum atomic E-state index is 12.2. The second kappa shape index (κ2) is 5.17. The van der Waals surface area contributed by atoms with Crippen LogP contribution in [0.15, 0.2) is 0 Å². The zero-order chi connectivity index (χ0) is 11.4. The first-order chi connectivity index (χ1) is 7.76. The number of likely N-dealkylation sites (tertiary alicyclic amines) is 1.